The lowest BCUT2D eigenvalue weighted by atomic mass is 10.4. The minimum absolute atomic E-state index is 1.16. The van der Waals surface area contributed by atoms with Crippen LogP contribution in [-0.2, 0) is 0 Å². The molecule has 0 spiro atoms. The quantitative estimate of drug-likeness (QED) is 0.406. The van der Waals surface area contributed by atoms with Crippen molar-refractivity contribution in [3.63, 3.8) is 0 Å². The second-order valence-electron chi connectivity index (χ2n) is 3.86. The van der Waals surface area contributed by atoms with Gasteiger partial charge in [-0.05, 0) is 38.8 Å². The van der Waals surface area contributed by atoms with E-state index < -0.39 is 8.07 Å². The van der Waals surface area contributed by atoms with Crippen molar-refractivity contribution in [3.8, 4) is 0 Å². The first-order valence-electron chi connectivity index (χ1n) is 5.74. The Balaban J connectivity index is 4.28. The Morgan fingerprint density at radius 3 is 1.53 bits per heavy atom. The van der Waals surface area contributed by atoms with Gasteiger partial charge in [-0.1, -0.05) is 35.7 Å². The van der Waals surface area contributed by atoms with Crippen LogP contribution in [0.5, 0.6) is 0 Å². The molecule has 0 amide bonds. The second kappa shape index (κ2) is 8.48. The van der Waals surface area contributed by atoms with Crippen LogP contribution < -0.4 is 0 Å². The van der Waals surface area contributed by atoms with E-state index in [-0.39, 0.29) is 0 Å². The molecule has 0 radical (unpaired) electrons. The van der Waals surface area contributed by atoms with Gasteiger partial charge in [0, 0.05) is 0 Å². The topological polar surface area (TPSA) is 0 Å². The van der Waals surface area contributed by atoms with E-state index in [0.29, 0.717) is 0 Å². The molecule has 0 saturated carbocycles. The van der Waals surface area contributed by atoms with Gasteiger partial charge in [0.1, 0.15) is 8.07 Å². The standard InChI is InChI=1S/C14H24Si/c1-5-9-11-13-15(7-3,8-4)14-12-10-6-2/h5-10H,3-4,11-14H2,1-2H3. The van der Waals surface area contributed by atoms with Crippen LogP contribution in [0.1, 0.15) is 26.7 Å². The highest BCUT2D eigenvalue weighted by Crippen LogP contribution is 2.22. The van der Waals surface area contributed by atoms with E-state index in [1.54, 1.807) is 0 Å². The third-order valence-electron chi connectivity index (χ3n) is 2.84. The highest BCUT2D eigenvalue weighted by atomic mass is 28.3. The van der Waals surface area contributed by atoms with Crippen LogP contribution in [0.4, 0.5) is 0 Å². The van der Waals surface area contributed by atoms with Crippen molar-refractivity contribution < 1.29 is 0 Å². The predicted octanol–water partition coefficient (Wildman–Crippen LogP) is 4.82. The van der Waals surface area contributed by atoms with Crippen LogP contribution >= 0.6 is 0 Å². The fourth-order valence-corrected chi connectivity index (χ4v) is 4.30. The van der Waals surface area contributed by atoms with Crippen LogP contribution in [0.2, 0.25) is 12.1 Å². The SMILES string of the molecule is C=C[Si](C=C)(CCC=CC)CCC=CC. The third-order valence-corrected chi connectivity index (χ3v) is 6.90. The minimum atomic E-state index is -1.39. The molecule has 0 heterocycles. The molecule has 0 aromatic carbocycles. The second-order valence-corrected chi connectivity index (χ2v) is 8.14. The first-order chi connectivity index (χ1) is 7.24. The summed E-state index contributed by atoms with van der Waals surface area (Å²) in [4.78, 5) is 0. The summed E-state index contributed by atoms with van der Waals surface area (Å²) in [6.07, 6.45) is 11.1. The van der Waals surface area contributed by atoms with Gasteiger partial charge in [0.15, 0.2) is 0 Å². The number of allylic oxidation sites excluding steroid dienone is 4. The maximum absolute atomic E-state index is 4.00. The predicted molar refractivity (Wildman–Crippen MR) is 74.6 cm³/mol. The zero-order chi connectivity index (χ0) is 11.6. The van der Waals surface area contributed by atoms with Gasteiger partial charge in [0.2, 0.25) is 0 Å². The van der Waals surface area contributed by atoms with E-state index in [0.717, 1.165) is 12.8 Å². The summed E-state index contributed by atoms with van der Waals surface area (Å²) >= 11 is 0. The molecule has 0 rings (SSSR count). The summed E-state index contributed by atoms with van der Waals surface area (Å²) in [5, 5.41) is 0. The van der Waals surface area contributed by atoms with Crippen molar-refractivity contribution in [2.75, 3.05) is 0 Å². The lowest BCUT2D eigenvalue weighted by Crippen LogP contribution is -2.28. The zero-order valence-electron chi connectivity index (χ0n) is 10.2. The van der Waals surface area contributed by atoms with Crippen molar-refractivity contribution in [1.29, 1.82) is 0 Å². The van der Waals surface area contributed by atoms with Crippen LogP contribution in [-0.4, -0.2) is 8.07 Å². The zero-order valence-corrected chi connectivity index (χ0v) is 11.2. The van der Waals surface area contributed by atoms with Gasteiger partial charge in [0.05, 0.1) is 0 Å². The van der Waals surface area contributed by atoms with E-state index in [4.69, 9.17) is 0 Å². The Morgan fingerprint density at radius 1 is 0.867 bits per heavy atom. The van der Waals surface area contributed by atoms with Gasteiger partial charge >= 0.3 is 0 Å². The van der Waals surface area contributed by atoms with Crippen molar-refractivity contribution in [2.45, 2.75) is 38.8 Å². The summed E-state index contributed by atoms with van der Waals surface area (Å²) < 4.78 is 0. The fourth-order valence-electron chi connectivity index (χ4n) is 1.65. The summed E-state index contributed by atoms with van der Waals surface area (Å²) in [6.45, 7) is 12.2. The van der Waals surface area contributed by atoms with Crippen LogP contribution in [0.25, 0.3) is 0 Å². The highest BCUT2D eigenvalue weighted by Gasteiger charge is 2.23. The summed E-state index contributed by atoms with van der Waals surface area (Å²) in [6, 6.07) is 2.50. The normalized spacial score (nSPS) is 12.4. The third kappa shape index (κ3) is 5.58. The van der Waals surface area contributed by atoms with Crippen molar-refractivity contribution in [3.05, 3.63) is 48.9 Å². The molecule has 0 aromatic rings. The Hall–Kier alpha value is -0.823. The molecule has 15 heavy (non-hydrogen) atoms. The average Bonchev–Trinajstić information content (AvgIpc) is 2.28. The van der Waals surface area contributed by atoms with Crippen molar-refractivity contribution in [1.82, 2.24) is 0 Å². The molecule has 0 atom stereocenters. The molecule has 0 aliphatic carbocycles. The fraction of sp³-hybridized carbons (Fsp3) is 0.429. The first-order valence-corrected chi connectivity index (χ1v) is 8.31. The van der Waals surface area contributed by atoms with Crippen LogP contribution in [0.3, 0.4) is 0 Å². The molecule has 1 heteroatoms. The molecule has 84 valence electrons. The maximum atomic E-state index is 4.00. The Bertz CT molecular complexity index is 210. The number of hydrogen-bond donors (Lipinski definition) is 0. The molecule has 0 bridgehead atoms. The van der Waals surface area contributed by atoms with E-state index in [1.165, 1.54) is 12.1 Å². The first kappa shape index (κ1) is 14.2. The molecular weight excluding hydrogens is 196 g/mol. The molecule has 0 fully saturated rings. The lowest BCUT2D eigenvalue weighted by Gasteiger charge is -2.23. The molecule has 0 unspecified atom stereocenters. The Labute approximate surface area is 96.1 Å². The Kier molecular flexibility index (Phi) is 8.02. The van der Waals surface area contributed by atoms with Crippen LogP contribution in [0.15, 0.2) is 48.9 Å². The molecule has 0 N–H and O–H groups in total. The minimum Gasteiger partial charge on any atom is -0.107 e. The van der Waals surface area contributed by atoms with E-state index in [1.807, 2.05) is 0 Å². The molecule has 0 aliphatic heterocycles. The molecule has 0 aromatic heterocycles. The highest BCUT2D eigenvalue weighted by molar-refractivity contribution is 6.88. The molecular formula is C14H24Si. The van der Waals surface area contributed by atoms with Gasteiger partial charge in [-0.2, -0.15) is 0 Å². The molecule has 0 aliphatic rings. The number of hydrogen-bond acceptors (Lipinski definition) is 0. The van der Waals surface area contributed by atoms with E-state index in [2.05, 4.69) is 62.7 Å². The molecule has 0 saturated heterocycles. The summed E-state index contributed by atoms with van der Waals surface area (Å²) in [5.74, 6) is 0. The van der Waals surface area contributed by atoms with Gasteiger partial charge < -0.3 is 0 Å². The van der Waals surface area contributed by atoms with Crippen LogP contribution in [0, 0.1) is 0 Å². The van der Waals surface area contributed by atoms with E-state index in [9.17, 15) is 0 Å². The Morgan fingerprint density at radius 2 is 1.27 bits per heavy atom. The van der Waals surface area contributed by atoms with Gasteiger partial charge in [-0.25, -0.2) is 0 Å². The molecule has 0 nitrogen and oxygen atoms in total. The van der Waals surface area contributed by atoms with Crippen molar-refractivity contribution in [2.24, 2.45) is 0 Å². The monoisotopic (exact) mass is 220 g/mol. The number of rotatable bonds is 8. The average molecular weight is 220 g/mol. The summed E-state index contributed by atoms with van der Waals surface area (Å²) in [5.41, 5.74) is 4.38. The lowest BCUT2D eigenvalue weighted by molar-refractivity contribution is 1.10. The van der Waals surface area contributed by atoms with Gasteiger partial charge in [-0.3, -0.25) is 0 Å². The smallest absolute Gasteiger partial charge is 0.101 e. The van der Waals surface area contributed by atoms with Crippen molar-refractivity contribution >= 4 is 8.07 Å². The van der Waals surface area contributed by atoms with Gasteiger partial charge in [0.25, 0.3) is 0 Å². The largest absolute Gasteiger partial charge is 0.107 e. The summed E-state index contributed by atoms with van der Waals surface area (Å²) in [7, 11) is -1.39. The maximum Gasteiger partial charge on any atom is 0.101 e. The van der Waals surface area contributed by atoms with Gasteiger partial charge in [-0.15, -0.1) is 13.2 Å². The van der Waals surface area contributed by atoms with E-state index >= 15 is 0 Å².